The van der Waals surface area contributed by atoms with Crippen LogP contribution in [0.2, 0.25) is 0 Å². The summed E-state index contributed by atoms with van der Waals surface area (Å²) in [5.74, 6) is 0.154. The second kappa shape index (κ2) is 11.0. The fourth-order valence-electron chi connectivity index (χ4n) is 3.62. The Morgan fingerprint density at radius 1 is 0.939 bits per heavy atom. The largest absolute Gasteiger partial charge is 0.355 e. The van der Waals surface area contributed by atoms with Crippen molar-refractivity contribution in [3.05, 3.63) is 106 Å². The molecule has 0 saturated carbocycles. The summed E-state index contributed by atoms with van der Waals surface area (Å²) >= 11 is 1.30. The molecule has 0 bridgehead atoms. The van der Waals surface area contributed by atoms with Crippen LogP contribution in [0.25, 0.3) is 10.9 Å². The average Bonchev–Trinajstić information content (AvgIpc) is 2.84. The van der Waals surface area contributed by atoms with E-state index in [1.807, 2.05) is 67.6 Å². The number of nitrogens with zero attached hydrogens (tertiary/aromatic N) is 2. The number of carbonyl (C=O) groups is 1. The van der Waals surface area contributed by atoms with Crippen molar-refractivity contribution in [1.82, 2.24) is 14.9 Å². The van der Waals surface area contributed by atoms with Gasteiger partial charge in [0.2, 0.25) is 5.91 Å². The average molecular weight is 458 g/mol. The Morgan fingerprint density at radius 3 is 2.45 bits per heavy atom. The number of aromatic nitrogens is 2. The molecule has 0 atom stereocenters. The van der Waals surface area contributed by atoms with E-state index >= 15 is 0 Å². The number of benzene rings is 3. The van der Waals surface area contributed by atoms with Gasteiger partial charge in [-0.05, 0) is 43.0 Å². The number of fused-ring (bicyclic) bond motifs is 1. The molecule has 6 heteroatoms. The summed E-state index contributed by atoms with van der Waals surface area (Å²) in [6, 6.07) is 25.7. The van der Waals surface area contributed by atoms with E-state index in [0.29, 0.717) is 29.1 Å². The molecule has 1 heterocycles. The smallest absolute Gasteiger partial charge is 0.262 e. The highest BCUT2D eigenvalue weighted by atomic mass is 32.2. The van der Waals surface area contributed by atoms with Crippen LogP contribution < -0.4 is 10.9 Å². The normalized spacial score (nSPS) is 10.9. The van der Waals surface area contributed by atoms with Crippen molar-refractivity contribution >= 4 is 28.6 Å². The molecule has 0 unspecified atom stereocenters. The van der Waals surface area contributed by atoms with E-state index in [1.54, 1.807) is 10.6 Å². The van der Waals surface area contributed by atoms with Gasteiger partial charge in [0.15, 0.2) is 5.16 Å². The van der Waals surface area contributed by atoms with Gasteiger partial charge < -0.3 is 5.32 Å². The monoisotopic (exact) mass is 457 g/mol. The molecule has 4 aromatic rings. The number of nitrogens with one attached hydrogen (secondary N) is 1. The van der Waals surface area contributed by atoms with E-state index in [9.17, 15) is 9.59 Å². The molecule has 0 aliphatic rings. The molecule has 4 rings (SSSR count). The van der Waals surface area contributed by atoms with Gasteiger partial charge in [0.25, 0.3) is 5.56 Å². The van der Waals surface area contributed by atoms with Gasteiger partial charge in [-0.15, -0.1) is 0 Å². The van der Waals surface area contributed by atoms with Crippen LogP contribution in [0.1, 0.15) is 23.1 Å². The summed E-state index contributed by atoms with van der Waals surface area (Å²) in [4.78, 5) is 30.4. The molecule has 0 aliphatic heterocycles. The van der Waals surface area contributed by atoms with Crippen LogP contribution in [-0.4, -0.2) is 27.8 Å². The number of para-hydroxylation sites is 1. The van der Waals surface area contributed by atoms with Gasteiger partial charge in [-0.25, -0.2) is 4.98 Å². The SMILES string of the molecule is Cc1ccc(Cn2c(SCC(=O)NCCCc3ccccc3)nc3ccccc3c2=O)cc1. The fraction of sp³-hybridized carbons (Fsp3) is 0.222. The Bertz CT molecular complexity index is 1280. The van der Waals surface area contributed by atoms with Gasteiger partial charge in [-0.3, -0.25) is 14.2 Å². The van der Waals surface area contributed by atoms with E-state index in [-0.39, 0.29) is 17.2 Å². The number of hydrogen-bond donors (Lipinski definition) is 1. The van der Waals surface area contributed by atoms with Gasteiger partial charge in [-0.1, -0.05) is 84.1 Å². The van der Waals surface area contributed by atoms with Gasteiger partial charge in [0.05, 0.1) is 23.2 Å². The van der Waals surface area contributed by atoms with Crippen LogP contribution in [0.15, 0.2) is 88.8 Å². The molecule has 5 nitrogen and oxygen atoms in total. The van der Waals surface area contributed by atoms with E-state index in [4.69, 9.17) is 4.98 Å². The summed E-state index contributed by atoms with van der Waals surface area (Å²) in [6.07, 6.45) is 1.81. The van der Waals surface area contributed by atoms with Crippen molar-refractivity contribution in [3.63, 3.8) is 0 Å². The van der Waals surface area contributed by atoms with Crippen molar-refractivity contribution in [2.75, 3.05) is 12.3 Å². The van der Waals surface area contributed by atoms with Crippen LogP contribution in [0.5, 0.6) is 0 Å². The minimum absolute atomic E-state index is 0.0580. The van der Waals surface area contributed by atoms with E-state index in [0.717, 1.165) is 18.4 Å². The maximum atomic E-state index is 13.2. The molecule has 3 aromatic carbocycles. The molecule has 0 fully saturated rings. The molecule has 168 valence electrons. The molecule has 1 amide bonds. The summed E-state index contributed by atoms with van der Waals surface area (Å²) in [5, 5.41) is 4.11. The number of rotatable bonds is 9. The molecular weight excluding hydrogens is 430 g/mol. The Hall–Kier alpha value is -3.38. The lowest BCUT2D eigenvalue weighted by Gasteiger charge is -2.13. The highest BCUT2D eigenvalue weighted by Gasteiger charge is 2.13. The maximum Gasteiger partial charge on any atom is 0.262 e. The number of thioether (sulfide) groups is 1. The lowest BCUT2D eigenvalue weighted by molar-refractivity contribution is -0.118. The van der Waals surface area contributed by atoms with Crippen LogP contribution in [-0.2, 0) is 17.8 Å². The van der Waals surface area contributed by atoms with E-state index in [1.165, 1.54) is 22.9 Å². The topological polar surface area (TPSA) is 64.0 Å². The molecule has 0 radical (unpaired) electrons. The first-order valence-corrected chi connectivity index (χ1v) is 12.1. The van der Waals surface area contributed by atoms with Crippen molar-refractivity contribution in [2.45, 2.75) is 31.5 Å². The van der Waals surface area contributed by atoms with Crippen molar-refractivity contribution in [2.24, 2.45) is 0 Å². The quantitative estimate of drug-likeness (QED) is 0.227. The third-order valence-corrected chi connectivity index (χ3v) is 6.40. The second-order valence-corrected chi connectivity index (χ2v) is 8.96. The summed E-state index contributed by atoms with van der Waals surface area (Å²) in [5.41, 5.74) is 4.01. The van der Waals surface area contributed by atoms with Crippen molar-refractivity contribution in [1.29, 1.82) is 0 Å². The number of amides is 1. The van der Waals surface area contributed by atoms with E-state index in [2.05, 4.69) is 17.4 Å². The summed E-state index contributed by atoms with van der Waals surface area (Å²) in [6.45, 7) is 3.07. The molecular formula is C27H27N3O2S. The first-order chi connectivity index (χ1) is 16.1. The van der Waals surface area contributed by atoms with Crippen LogP contribution in [0.4, 0.5) is 0 Å². The zero-order valence-electron chi connectivity index (χ0n) is 18.7. The zero-order valence-corrected chi connectivity index (χ0v) is 19.5. The zero-order chi connectivity index (χ0) is 23.0. The highest BCUT2D eigenvalue weighted by molar-refractivity contribution is 7.99. The molecule has 0 aliphatic carbocycles. The molecule has 33 heavy (non-hydrogen) atoms. The molecule has 1 N–H and O–H groups in total. The van der Waals surface area contributed by atoms with Crippen LogP contribution in [0.3, 0.4) is 0 Å². The Balaban J connectivity index is 1.43. The lowest BCUT2D eigenvalue weighted by Crippen LogP contribution is -2.28. The Morgan fingerprint density at radius 2 is 1.67 bits per heavy atom. The van der Waals surface area contributed by atoms with E-state index < -0.39 is 0 Å². The molecule has 0 saturated heterocycles. The summed E-state index contributed by atoms with van der Waals surface area (Å²) < 4.78 is 1.67. The molecule has 1 aromatic heterocycles. The fourth-order valence-corrected chi connectivity index (χ4v) is 4.45. The number of hydrogen-bond acceptors (Lipinski definition) is 4. The lowest BCUT2D eigenvalue weighted by atomic mass is 10.1. The predicted molar refractivity (Wildman–Crippen MR) is 135 cm³/mol. The molecule has 0 spiro atoms. The standard InChI is InChI=1S/C27H27N3O2S/c1-20-13-15-22(16-14-20)18-30-26(32)23-11-5-6-12-24(23)29-27(30)33-19-25(31)28-17-7-10-21-8-3-2-4-9-21/h2-6,8-9,11-16H,7,10,17-19H2,1H3,(H,28,31). The third-order valence-electron chi connectivity index (χ3n) is 5.43. The van der Waals surface area contributed by atoms with Gasteiger partial charge in [-0.2, -0.15) is 0 Å². The van der Waals surface area contributed by atoms with Crippen LogP contribution in [0, 0.1) is 6.92 Å². The maximum absolute atomic E-state index is 13.2. The first kappa shape index (κ1) is 22.8. The minimum Gasteiger partial charge on any atom is -0.355 e. The van der Waals surface area contributed by atoms with Crippen molar-refractivity contribution < 1.29 is 4.79 Å². The second-order valence-electron chi connectivity index (χ2n) is 8.02. The minimum atomic E-state index is -0.0908. The number of aryl methyl sites for hydroxylation is 2. The van der Waals surface area contributed by atoms with Gasteiger partial charge in [0, 0.05) is 6.54 Å². The van der Waals surface area contributed by atoms with Gasteiger partial charge >= 0.3 is 0 Å². The van der Waals surface area contributed by atoms with Gasteiger partial charge in [0.1, 0.15) is 0 Å². The van der Waals surface area contributed by atoms with Crippen molar-refractivity contribution in [3.8, 4) is 0 Å². The Labute approximate surface area is 197 Å². The first-order valence-electron chi connectivity index (χ1n) is 11.1. The number of carbonyl (C=O) groups excluding carboxylic acids is 1. The Kier molecular flexibility index (Phi) is 7.58. The predicted octanol–water partition coefficient (Wildman–Crippen LogP) is 4.59. The summed E-state index contributed by atoms with van der Waals surface area (Å²) in [7, 11) is 0. The third kappa shape index (κ3) is 6.11. The van der Waals surface area contributed by atoms with Crippen LogP contribution >= 0.6 is 11.8 Å². The highest BCUT2D eigenvalue weighted by Crippen LogP contribution is 2.19.